The molecular formula is C11H11ClN2O2. The van der Waals surface area contributed by atoms with Crippen LogP contribution in [0.3, 0.4) is 0 Å². The van der Waals surface area contributed by atoms with Gasteiger partial charge in [0, 0.05) is 0 Å². The monoisotopic (exact) mass is 238 g/mol. The molecule has 0 aliphatic carbocycles. The van der Waals surface area contributed by atoms with Crippen LogP contribution >= 0.6 is 11.6 Å². The van der Waals surface area contributed by atoms with E-state index in [4.69, 9.17) is 11.6 Å². The number of rotatable bonds is 1. The molecule has 0 spiro atoms. The maximum absolute atomic E-state index is 11.2. The molecule has 2 amide bonds. The molecule has 1 aromatic carbocycles. The fourth-order valence-corrected chi connectivity index (χ4v) is 2.03. The minimum Gasteiger partial charge on any atom is -0.352 e. The van der Waals surface area contributed by atoms with E-state index < -0.39 is 0 Å². The molecular weight excluding hydrogens is 228 g/mol. The van der Waals surface area contributed by atoms with Gasteiger partial charge in [-0.25, -0.2) is 0 Å². The fraction of sp³-hybridized carbons (Fsp3) is 0.273. The highest BCUT2D eigenvalue weighted by Crippen LogP contribution is 2.27. The van der Waals surface area contributed by atoms with Crippen LogP contribution in [0.2, 0.25) is 5.02 Å². The molecule has 1 aliphatic heterocycles. The third-order valence-corrected chi connectivity index (χ3v) is 2.69. The van der Waals surface area contributed by atoms with E-state index >= 15 is 0 Å². The Morgan fingerprint density at radius 2 is 1.88 bits per heavy atom. The highest BCUT2D eigenvalue weighted by atomic mass is 35.5. The summed E-state index contributed by atoms with van der Waals surface area (Å²) in [6.45, 7) is 2.26. The second-order valence-corrected chi connectivity index (χ2v) is 4.19. The van der Waals surface area contributed by atoms with Crippen molar-refractivity contribution in [3.8, 4) is 0 Å². The quantitative estimate of drug-likeness (QED) is 0.746. The lowest BCUT2D eigenvalue weighted by Crippen LogP contribution is -2.51. The molecule has 84 valence electrons. The van der Waals surface area contributed by atoms with Crippen LogP contribution in [0, 0.1) is 6.92 Å². The smallest absolute Gasteiger partial charge is 0.246 e. The van der Waals surface area contributed by atoms with Gasteiger partial charge >= 0.3 is 0 Å². The molecule has 16 heavy (non-hydrogen) atoms. The zero-order valence-electron chi connectivity index (χ0n) is 8.79. The van der Waals surface area contributed by atoms with Crippen molar-refractivity contribution < 1.29 is 9.59 Å². The topological polar surface area (TPSA) is 49.4 Å². The third kappa shape index (κ3) is 2.17. The van der Waals surface area contributed by atoms with Gasteiger partial charge in [-0.15, -0.1) is 0 Å². The van der Waals surface area contributed by atoms with Crippen molar-refractivity contribution in [2.75, 3.05) is 18.0 Å². The Bertz CT molecular complexity index is 443. The van der Waals surface area contributed by atoms with Gasteiger partial charge in [0.1, 0.15) is 0 Å². The molecule has 2 rings (SSSR count). The third-order valence-electron chi connectivity index (χ3n) is 2.39. The van der Waals surface area contributed by atoms with E-state index in [0.717, 1.165) is 11.3 Å². The highest BCUT2D eigenvalue weighted by Gasteiger charge is 2.23. The van der Waals surface area contributed by atoms with E-state index in [-0.39, 0.29) is 24.9 Å². The van der Waals surface area contributed by atoms with Crippen molar-refractivity contribution in [3.63, 3.8) is 0 Å². The lowest BCUT2D eigenvalue weighted by Gasteiger charge is -2.28. The van der Waals surface area contributed by atoms with Crippen molar-refractivity contribution in [2.45, 2.75) is 6.92 Å². The van der Waals surface area contributed by atoms with Crippen molar-refractivity contribution in [1.82, 2.24) is 5.32 Å². The van der Waals surface area contributed by atoms with Gasteiger partial charge in [-0.1, -0.05) is 17.7 Å². The number of benzene rings is 1. The number of halogens is 1. The van der Waals surface area contributed by atoms with Crippen LogP contribution in [0.1, 0.15) is 5.56 Å². The number of imide groups is 1. The summed E-state index contributed by atoms with van der Waals surface area (Å²) in [4.78, 5) is 24.1. The van der Waals surface area contributed by atoms with E-state index in [0.29, 0.717) is 5.02 Å². The van der Waals surface area contributed by atoms with Crippen molar-refractivity contribution in [2.24, 2.45) is 0 Å². The molecule has 0 atom stereocenters. The summed E-state index contributed by atoms with van der Waals surface area (Å²) in [5, 5.41) is 2.81. The minimum atomic E-state index is -0.298. The zero-order chi connectivity index (χ0) is 11.7. The first-order valence-corrected chi connectivity index (χ1v) is 5.28. The molecule has 1 aliphatic rings. The predicted molar refractivity (Wildman–Crippen MR) is 61.6 cm³/mol. The minimum absolute atomic E-state index is 0.161. The Morgan fingerprint density at radius 3 is 2.44 bits per heavy atom. The summed E-state index contributed by atoms with van der Waals surface area (Å²) in [5.41, 5.74) is 1.76. The molecule has 0 aromatic heterocycles. The Balaban J connectivity index is 2.29. The first-order chi connectivity index (χ1) is 7.56. The fourth-order valence-electron chi connectivity index (χ4n) is 1.68. The van der Waals surface area contributed by atoms with Crippen LogP contribution in [-0.4, -0.2) is 24.9 Å². The largest absolute Gasteiger partial charge is 0.352 e. The first kappa shape index (κ1) is 11.0. The Kier molecular flexibility index (Phi) is 2.83. The zero-order valence-corrected chi connectivity index (χ0v) is 9.54. The molecule has 5 heteroatoms. The number of piperazine rings is 1. The average Bonchev–Trinajstić information content (AvgIpc) is 2.15. The molecule has 0 saturated carbocycles. The number of aryl methyl sites for hydroxylation is 1. The molecule has 0 radical (unpaired) electrons. The summed E-state index contributed by atoms with van der Waals surface area (Å²) in [6, 6.07) is 5.54. The molecule has 1 fully saturated rings. The van der Waals surface area contributed by atoms with Gasteiger partial charge < -0.3 is 4.90 Å². The second kappa shape index (κ2) is 4.14. The normalized spacial score (nSPS) is 16.2. The number of hydrogen-bond acceptors (Lipinski definition) is 3. The van der Waals surface area contributed by atoms with E-state index in [2.05, 4.69) is 5.32 Å². The number of nitrogens with zero attached hydrogens (tertiary/aromatic N) is 1. The van der Waals surface area contributed by atoms with Crippen LogP contribution in [0.25, 0.3) is 0 Å². The van der Waals surface area contributed by atoms with Gasteiger partial charge in [-0.3, -0.25) is 14.9 Å². The summed E-state index contributed by atoms with van der Waals surface area (Å²) in [6.07, 6.45) is 0. The molecule has 1 N–H and O–H groups in total. The Morgan fingerprint density at radius 1 is 1.25 bits per heavy atom. The van der Waals surface area contributed by atoms with Gasteiger partial charge in [0.25, 0.3) is 0 Å². The van der Waals surface area contributed by atoms with Gasteiger partial charge in [0.2, 0.25) is 11.8 Å². The van der Waals surface area contributed by atoms with E-state index in [1.165, 1.54) is 0 Å². The summed E-state index contributed by atoms with van der Waals surface area (Å²) < 4.78 is 0. The number of nitrogens with one attached hydrogen (secondary N) is 1. The predicted octanol–water partition coefficient (Wildman–Crippen LogP) is 1.11. The number of anilines is 1. The van der Waals surface area contributed by atoms with Crippen LogP contribution in [0.5, 0.6) is 0 Å². The van der Waals surface area contributed by atoms with Crippen molar-refractivity contribution >= 4 is 29.1 Å². The number of hydrogen-bond donors (Lipinski definition) is 1. The van der Waals surface area contributed by atoms with E-state index in [9.17, 15) is 9.59 Å². The van der Waals surface area contributed by atoms with Crippen LogP contribution < -0.4 is 10.2 Å². The van der Waals surface area contributed by atoms with Crippen molar-refractivity contribution in [3.05, 3.63) is 28.8 Å². The van der Waals surface area contributed by atoms with Gasteiger partial charge in [-0.2, -0.15) is 0 Å². The lowest BCUT2D eigenvalue weighted by atomic mass is 10.2. The van der Waals surface area contributed by atoms with E-state index in [1.54, 1.807) is 4.90 Å². The average molecular weight is 239 g/mol. The highest BCUT2D eigenvalue weighted by molar-refractivity contribution is 6.33. The molecule has 1 saturated heterocycles. The maximum atomic E-state index is 11.2. The molecule has 0 bridgehead atoms. The Labute approximate surface area is 98.2 Å². The SMILES string of the molecule is Cc1ccc(N2CC(=O)NC(=O)C2)c(Cl)c1. The summed E-state index contributed by atoms with van der Waals surface area (Å²) >= 11 is 6.07. The van der Waals surface area contributed by atoms with Gasteiger partial charge in [-0.05, 0) is 24.6 Å². The van der Waals surface area contributed by atoms with Gasteiger partial charge in [0.15, 0.2) is 0 Å². The first-order valence-electron chi connectivity index (χ1n) is 4.90. The van der Waals surface area contributed by atoms with E-state index in [1.807, 2.05) is 25.1 Å². The number of carbonyl (C=O) groups excluding carboxylic acids is 2. The van der Waals surface area contributed by atoms with Crippen molar-refractivity contribution in [1.29, 1.82) is 0 Å². The van der Waals surface area contributed by atoms with Crippen LogP contribution in [-0.2, 0) is 9.59 Å². The molecule has 4 nitrogen and oxygen atoms in total. The molecule has 0 unspecified atom stereocenters. The molecule has 1 aromatic rings. The summed E-state index contributed by atoms with van der Waals surface area (Å²) in [5.74, 6) is -0.596. The molecule has 1 heterocycles. The second-order valence-electron chi connectivity index (χ2n) is 3.78. The standard InChI is InChI=1S/C11H11ClN2O2/c1-7-2-3-9(8(12)4-7)14-5-10(15)13-11(16)6-14/h2-4H,5-6H2,1H3,(H,13,15,16). The number of amides is 2. The maximum Gasteiger partial charge on any atom is 0.246 e. The number of carbonyl (C=O) groups is 2. The summed E-state index contributed by atoms with van der Waals surface area (Å²) in [7, 11) is 0. The Hall–Kier alpha value is -1.55. The van der Waals surface area contributed by atoms with Crippen LogP contribution in [0.15, 0.2) is 18.2 Å². The van der Waals surface area contributed by atoms with Crippen LogP contribution in [0.4, 0.5) is 5.69 Å². The lowest BCUT2D eigenvalue weighted by molar-refractivity contribution is -0.130. The van der Waals surface area contributed by atoms with Gasteiger partial charge in [0.05, 0.1) is 23.8 Å².